The average molecular weight is 323 g/mol. The van der Waals surface area contributed by atoms with Gasteiger partial charge in [-0.05, 0) is 37.6 Å². The Morgan fingerprint density at radius 2 is 1.95 bits per heavy atom. The Kier molecular flexibility index (Phi) is 6.02. The molecule has 1 unspecified atom stereocenters. The van der Waals surface area contributed by atoms with Crippen LogP contribution in [0.2, 0.25) is 0 Å². The lowest BCUT2D eigenvalue weighted by Gasteiger charge is -2.13. The van der Waals surface area contributed by atoms with Crippen LogP contribution in [-0.2, 0) is 0 Å². The zero-order chi connectivity index (χ0) is 15.2. The van der Waals surface area contributed by atoms with Crippen molar-refractivity contribution in [2.75, 3.05) is 25.5 Å². The van der Waals surface area contributed by atoms with E-state index in [2.05, 4.69) is 53.6 Å². The van der Waals surface area contributed by atoms with Gasteiger partial charge in [0, 0.05) is 25.0 Å². The molecule has 6 heteroatoms. The van der Waals surface area contributed by atoms with Gasteiger partial charge in [0.05, 0.1) is 0 Å². The van der Waals surface area contributed by atoms with Gasteiger partial charge in [0.2, 0.25) is 5.13 Å². The normalized spacial score (nSPS) is 12.4. The summed E-state index contributed by atoms with van der Waals surface area (Å²) in [6, 6.07) is 9.07. The number of aromatic nitrogens is 2. The van der Waals surface area contributed by atoms with E-state index in [0.717, 1.165) is 22.4 Å². The van der Waals surface area contributed by atoms with Gasteiger partial charge in [-0.3, -0.25) is 0 Å². The Morgan fingerprint density at radius 1 is 1.24 bits per heavy atom. The summed E-state index contributed by atoms with van der Waals surface area (Å²) in [4.78, 5) is 3.18. The summed E-state index contributed by atoms with van der Waals surface area (Å²) in [5.41, 5.74) is 1.32. The molecule has 2 aromatic rings. The number of hydrogen-bond donors (Lipinski definition) is 1. The van der Waals surface area contributed by atoms with Crippen LogP contribution in [0.15, 0.2) is 33.5 Å². The first-order valence-electron chi connectivity index (χ1n) is 7.12. The topological polar surface area (TPSA) is 41.1 Å². The molecular weight excluding hydrogens is 300 g/mol. The highest BCUT2D eigenvalue weighted by Gasteiger charge is 2.08. The molecule has 0 aliphatic carbocycles. The van der Waals surface area contributed by atoms with E-state index in [1.807, 2.05) is 19.0 Å². The standard InChI is InChI=1S/C15H22N4S2/c1-5-10-16-11(2)12-6-8-13(9-7-12)20-15-18-17-14(21-15)19(3)4/h6-9,11,16H,5,10H2,1-4H3. The van der Waals surface area contributed by atoms with E-state index in [1.54, 1.807) is 23.1 Å². The lowest BCUT2D eigenvalue weighted by atomic mass is 10.1. The Hall–Kier alpha value is -1.11. The third kappa shape index (κ3) is 4.69. The summed E-state index contributed by atoms with van der Waals surface area (Å²) in [5, 5.41) is 12.8. The molecule has 0 aliphatic heterocycles. The quantitative estimate of drug-likeness (QED) is 0.839. The Bertz CT molecular complexity index is 551. The first-order valence-corrected chi connectivity index (χ1v) is 8.75. The van der Waals surface area contributed by atoms with E-state index < -0.39 is 0 Å². The molecule has 1 aromatic carbocycles. The second-order valence-electron chi connectivity index (χ2n) is 5.09. The fourth-order valence-electron chi connectivity index (χ4n) is 1.83. The molecule has 114 valence electrons. The van der Waals surface area contributed by atoms with Crippen LogP contribution in [0.1, 0.15) is 31.9 Å². The molecule has 2 rings (SSSR count). The van der Waals surface area contributed by atoms with E-state index in [0.29, 0.717) is 6.04 Å². The van der Waals surface area contributed by atoms with Gasteiger partial charge in [-0.15, -0.1) is 10.2 Å². The van der Waals surface area contributed by atoms with Gasteiger partial charge in [0.25, 0.3) is 0 Å². The number of hydrogen-bond acceptors (Lipinski definition) is 6. The molecule has 0 bridgehead atoms. The van der Waals surface area contributed by atoms with Crippen LogP contribution in [0.4, 0.5) is 5.13 Å². The Balaban J connectivity index is 1.98. The summed E-state index contributed by atoms with van der Waals surface area (Å²) in [5.74, 6) is 0. The molecule has 0 saturated heterocycles. The van der Waals surface area contributed by atoms with Crippen molar-refractivity contribution < 1.29 is 0 Å². The van der Waals surface area contributed by atoms with E-state index >= 15 is 0 Å². The van der Waals surface area contributed by atoms with Crippen molar-refractivity contribution in [2.45, 2.75) is 35.5 Å². The summed E-state index contributed by atoms with van der Waals surface area (Å²) < 4.78 is 0.976. The monoisotopic (exact) mass is 322 g/mol. The highest BCUT2D eigenvalue weighted by atomic mass is 32.2. The molecule has 0 fully saturated rings. The highest BCUT2D eigenvalue weighted by Crippen LogP contribution is 2.33. The lowest BCUT2D eigenvalue weighted by molar-refractivity contribution is 0.570. The summed E-state index contributed by atoms with van der Waals surface area (Å²) in [7, 11) is 3.96. The van der Waals surface area contributed by atoms with Gasteiger partial charge in [-0.25, -0.2) is 0 Å². The number of benzene rings is 1. The van der Waals surface area contributed by atoms with E-state index in [-0.39, 0.29) is 0 Å². The predicted octanol–water partition coefficient (Wildman–Crippen LogP) is 3.82. The van der Waals surface area contributed by atoms with E-state index in [4.69, 9.17) is 0 Å². The number of nitrogens with one attached hydrogen (secondary N) is 1. The Morgan fingerprint density at radius 3 is 2.52 bits per heavy atom. The molecule has 0 amide bonds. The van der Waals surface area contributed by atoms with Gasteiger partial charge in [0.1, 0.15) is 0 Å². The highest BCUT2D eigenvalue weighted by molar-refractivity contribution is 8.01. The molecule has 1 atom stereocenters. The SMILES string of the molecule is CCCNC(C)c1ccc(Sc2nnc(N(C)C)s2)cc1. The van der Waals surface area contributed by atoms with Gasteiger partial charge in [-0.1, -0.05) is 42.2 Å². The van der Waals surface area contributed by atoms with Crippen LogP contribution in [0.3, 0.4) is 0 Å². The molecular formula is C15H22N4S2. The molecule has 0 spiro atoms. The van der Waals surface area contributed by atoms with Crippen LogP contribution in [-0.4, -0.2) is 30.8 Å². The third-order valence-corrected chi connectivity index (χ3v) is 5.21. The number of anilines is 1. The van der Waals surface area contributed by atoms with Crippen LogP contribution in [0.5, 0.6) is 0 Å². The van der Waals surface area contributed by atoms with Crippen molar-refractivity contribution in [1.82, 2.24) is 15.5 Å². The minimum absolute atomic E-state index is 0.394. The van der Waals surface area contributed by atoms with Crippen molar-refractivity contribution in [2.24, 2.45) is 0 Å². The van der Waals surface area contributed by atoms with Crippen molar-refractivity contribution in [3.05, 3.63) is 29.8 Å². The Labute approximate surface area is 135 Å². The van der Waals surface area contributed by atoms with Gasteiger partial charge in [0.15, 0.2) is 4.34 Å². The maximum absolute atomic E-state index is 4.21. The second kappa shape index (κ2) is 7.77. The fourth-order valence-corrected chi connectivity index (χ4v) is 3.57. The predicted molar refractivity (Wildman–Crippen MR) is 91.5 cm³/mol. The lowest BCUT2D eigenvalue weighted by Crippen LogP contribution is -2.19. The number of rotatable bonds is 7. The minimum atomic E-state index is 0.394. The van der Waals surface area contributed by atoms with Crippen molar-refractivity contribution in [3.63, 3.8) is 0 Å². The molecule has 1 aromatic heterocycles. The molecule has 0 aliphatic rings. The third-order valence-electron chi connectivity index (χ3n) is 3.06. The van der Waals surface area contributed by atoms with Crippen LogP contribution in [0.25, 0.3) is 0 Å². The van der Waals surface area contributed by atoms with E-state index in [1.165, 1.54) is 10.5 Å². The van der Waals surface area contributed by atoms with Crippen LogP contribution >= 0.6 is 23.1 Å². The molecule has 0 saturated carbocycles. The van der Waals surface area contributed by atoms with Crippen molar-refractivity contribution in [3.8, 4) is 0 Å². The second-order valence-corrected chi connectivity index (χ2v) is 7.37. The average Bonchev–Trinajstić information content (AvgIpc) is 2.94. The molecule has 1 heterocycles. The first kappa shape index (κ1) is 16.3. The van der Waals surface area contributed by atoms with Gasteiger partial charge < -0.3 is 10.2 Å². The van der Waals surface area contributed by atoms with Crippen molar-refractivity contribution >= 4 is 28.2 Å². The van der Waals surface area contributed by atoms with Crippen LogP contribution < -0.4 is 10.2 Å². The summed E-state index contributed by atoms with van der Waals surface area (Å²) >= 11 is 3.27. The number of nitrogens with zero attached hydrogens (tertiary/aromatic N) is 3. The molecule has 1 N–H and O–H groups in total. The smallest absolute Gasteiger partial charge is 0.208 e. The molecule has 4 nitrogen and oxygen atoms in total. The zero-order valence-electron chi connectivity index (χ0n) is 13.0. The van der Waals surface area contributed by atoms with Crippen LogP contribution in [0, 0.1) is 0 Å². The first-order chi connectivity index (χ1) is 10.1. The molecule has 21 heavy (non-hydrogen) atoms. The maximum Gasteiger partial charge on any atom is 0.208 e. The summed E-state index contributed by atoms with van der Waals surface area (Å²) in [6.07, 6.45) is 1.16. The summed E-state index contributed by atoms with van der Waals surface area (Å²) in [6.45, 7) is 5.44. The zero-order valence-corrected chi connectivity index (χ0v) is 14.6. The van der Waals surface area contributed by atoms with Gasteiger partial charge in [-0.2, -0.15) is 0 Å². The largest absolute Gasteiger partial charge is 0.353 e. The maximum atomic E-state index is 4.21. The van der Waals surface area contributed by atoms with Gasteiger partial charge >= 0.3 is 0 Å². The van der Waals surface area contributed by atoms with E-state index in [9.17, 15) is 0 Å². The molecule has 0 radical (unpaired) electrons. The minimum Gasteiger partial charge on any atom is -0.353 e. The fraction of sp³-hybridized carbons (Fsp3) is 0.467. The van der Waals surface area contributed by atoms with Crippen molar-refractivity contribution in [1.29, 1.82) is 0 Å².